The molecule has 274 valence electrons. The number of benzene rings is 3. The maximum absolute atomic E-state index is 14.2. The van der Waals surface area contributed by atoms with Crippen LogP contribution in [0.3, 0.4) is 0 Å². The van der Waals surface area contributed by atoms with Crippen molar-refractivity contribution >= 4 is 28.7 Å². The largest absolute Gasteiger partial charge is 0.506 e. The first kappa shape index (κ1) is 35.1. The van der Waals surface area contributed by atoms with Gasteiger partial charge >= 0.3 is 0 Å². The van der Waals surface area contributed by atoms with E-state index < -0.39 is 36.5 Å². The number of carbonyl (C=O) groups excluding carboxylic acids is 2. The molecule has 3 aliphatic heterocycles. The Balaban J connectivity index is 1.09. The lowest BCUT2D eigenvalue weighted by atomic mass is 9.87. The molecule has 4 N–H and O–H groups in total. The highest BCUT2D eigenvalue weighted by Crippen LogP contribution is 2.46. The molecule has 3 aromatic carbocycles. The summed E-state index contributed by atoms with van der Waals surface area (Å²) < 4.78 is 23.7. The van der Waals surface area contributed by atoms with Gasteiger partial charge in [-0.3, -0.25) is 9.59 Å². The van der Waals surface area contributed by atoms with Crippen LogP contribution in [0.1, 0.15) is 63.4 Å². The van der Waals surface area contributed by atoms with E-state index in [0.29, 0.717) is 22.3 Å². The van der Waals surface area contributed by atoms with Crippen molar-refractivity contribution in [1.82, 2.24) is 4.90 Å². The molecule has 2 aliphatic carbocycles. The van der Waals surface area contributed by atoms with E-state index in [1.54, 1.807) is 24.4 Å². The number of allylic oxidation sites excluding steroid dienone is 4. The van der Waals surface area contributed by atoms with Crippen LogP contribution in [0.25, 0.3) is 10.8 Å². The molecule has 0 bridgehead atoms. The Morgan fingerprint density at radius 2 is 1.89 bits per heavy atom. The van der Waals surface area contributed by atoms with E-state index >= 15 is 0 Å². The normalized spacial score (nSPS) is 25.1. The smallest absolute Gasteiger partial charge is 0.254 e. The molecular formula is C41H41N2O10+. The topological polar surface area (TPSA) is 168 Å². The first-order chi connectivity index (χ1) is 25.7. The van der Waals surface area contributed by atoms with E-state index in [2.05, 4.69) is 4.99 Å². The van der Waals surface area contributed by atoms with Crippen molar-refractivity contribution in [2.75, 3.05) is 26.9 Å². The maximum Gasteiger partial charge on any atom is 0.254 e. The van der Waals surface area contributed by atoms with E-state index in [4.69, 9.17) is 18.9 Å². The van der Waals surface area contributed by atoms with Crippen molar-refractivity contribution in [2.24, 2.45) is 4.99 Å². The molecule has 0 spiro atoms. The average molecular weight is 722 g/mol. The molecule has 1 saturated carbocycles. The van der Waals surface area contributed by atoms with Crippen LogP contribution in [0.2, 0.25) is 0 Å². The number of hydrogen-bond acceptors (Lipinski definition) is 11. The Morgan fingerprint density at radius 1 is 1.08 bits per heavy atom. The molecule has 2 fully saturated rings. The minimum absolute atomic E-state index is 0.0225. The molecule has 3 aromatic rings. The molecule has 12 heteroatoms. The summed E-state index contributed by atoms with van der Waals surface area (Å²) in [7, 11) is 1.48. The molecule has 0 aromatic heterocycles. The van der Waals surface area contributed by atoms with Gasteiger partial charge in [0.15, 0.2) is 11.5 Å². The zero-order chi connectivity index (χ0) is 36.8. The minimum atomic E-state index is -1.69. The highest BCUT2D eigenvalue weighted by Gasteiger charge is 2.46. The van der Waals surface area contributed by atoms with Gasteiger partial charge in [-0.25, -0.2) is 0 Å². The fraction of sp³-hybridized carbons (Fsp3) is 0.366. The highest BCUT2D eigenvalue weighted by atomic mass is 16.7. The number of hydrogen-bond donors (Lipinski definition) is 4. The third-order valence-electron chi connectivity index (χ3n) is 10.8. The molecule has 0 radical (unpaired) electrons. The minimum Gasteiger partial charge on any atom is -0.506 e. The van der Waals surface area contributed by atoms with Gasteiger partial charge in [-0.2, -0.15) is 4.99 Å². The number of carbonyl (C=O) groups is 2. The lowest BCUT2D eigenvalue weighted by Crippen LogP contribution is -2.60. The number of ketones is 1. The first-order valence-electron chi connectivity index (χ1n) is 17.9. The van der Waals surface area contributed by atoms with Gasteiger partial charge < -0.3 is 44.3 Å². The Hall–Kier alpha value is -4.98. The summed E-state index contributed by atoms with van der Waals surface area (Å²) in [5.74, 6) is -0.549. The monoisotopic (exact) mass is 721 g/mol. The van der Waals surface area contributed by atoms with E-state index in [0.717, 1.165) is 48.1 Å². The Labute approximate surface area is 306 Å². The number of aliphatic hydroxyl groups excluding tert-OH is 3. The van der Waals surface area contributed by atoms with Gasteiger partial charge in [0.1, 0.15) is 53.8 Å². The van der Waals surface area contributed by atoms with Crippen molar-refractivity contribution in [3.63, 3.8) is 0 Å². The number of phenols is 1. The molecule has 53 heavy (non-hydrogen) atoms. The number of aliphatic imine (C=N–C) groups is 1. The number of fused-ring (bicyclic) bond motifs is 3. The summed E-state index contributed by atoms with van der Waals surface area (Å²) >= 11 is 0. The van der Waals surface area contributed by atoms with Crippen LogP contribution in [-0.4, -0.2) is 101 Å². The third-order valence-corrected chi connectivity index (χ3v) is 10.8. The van der Waals surface area contributed by atoms with Crippen LogP contribution in [0.5, 0.6) is 17.2 Å². The fourth-order valence-electron chi connectivity index (χ4n) is 7.99. The molecule has 5 atom stereocenters. The number of nitrogens with zero attached hydrogens (tertiary/aromatic N) is 2. The van der Waals surface area contributed by atoms with Crippen LogP contribution >= 0.6 is 0 Å². The lowest BCUT2D eigenvalue weighted by molar-refractivity contribution is -0.279. The van der Waals surface area contributed by atoms with Crippen LogP contribution in [0.15, 0.2) is 82.5 Å². The number of Topliss-reactive ketones (excluding diaryl/α,β-unsaturated/α-hetero) is 1. The number of rotatable bonds is 11. The molecule has 3 heterocycles. The van der Waals surface area contributed by atoms with Crippen molar-refractivity contribution < 1.29 is 49.0 Å². The zero-order valence-electron chi connectivity index (χ0n) is 29.2. The van der Waals surface area contributed by atoms with Gasteiger partial charge in [-0.1, -0.05) is 31.0 Å². The number of phenolic OH excluding ortho intramolecular Hbond substituents is 1. The molecule has 12 nitrogen and oxygen atoms in total. The fourth-order valence-corrected chi connectivity index (χ4v) is 7.99. The molecule has 8 rings (SSSR count). The summed E-state index contributed by atoms with van der Waals surface area (Å²) in [5.41, 5.74) is 4.81. The second-order valence-corrected chi connectivity index (χ2v) is 14.1. The lowest BCUT2D eigenvalue weighted by Gasteiger charge is -2.40. The van der Waals surface area contributed by atoms with Crippen LogP contribution in [0.4, 0.5) is 0 Å². The third kappa shape index (κ3) is 6.51. The Kier molecular flexibility index (Phi) is 9.56. The first-order valence-corrected chi connectivity index (χ1v) is 17.9. The molecule has 0 unspecified atom stereocenters. The number of amides is 1. The Bertz CT molecular complexity index is 2080. The second-order valence-electron chi connectivity index (χ2n) is 14.1. The molecule has 1 amide bonds. The summed E-state index contributed by atoms with van der Waals surface area (Å²) in [4.78, 5) is 33.3. The van der Waals surface area contributed by atoms with Crippen LogP contribution in [-0.2, 0) is 16.0 Å². The van der Waals surface area contributed by atoms with Crippen molar-refractivity contribution in [3.8, 4) is 17.2 Å². The maximum atomic E-state index is 14.2. The number of aromatic hydroxyl groups is 1. The molecule has 1 saturated heterocycles. The zero-order valence-corrected chi connectivity index (χ0v) is 29.2. The van der Waals surface area contributed by atoms with E-state index in [1.807, 2.05) is 42.8 Å². The number of ether oxygens (including phenoxy) is 4. The summed E-state index contributed by atoms with van der Waals surface area (Å²) in [6, 6.07) is 12.3. The summed E-state index contributed by atoms with van der Waals surface area (Å²) in [6.45, 7) is 0.0822. The predicted molar refractivity (Wildman–Crippen MR) is 194 cm³/mol. The molecule has 5 aliphatic rings. The van der Waals surface area contributed by atoms with Crippen molar-refractivity contribution in [2.45, 2.75) is 68.9 Å². The standard InChI is InChI=1S/C41H40N2O10/c1-50-26-14-24-15-29(22-8-2-3-9-22)35(31(44)19-43-18-23-10-4-5-12-28(23)40(43)49)37(46)34(24)32(16-26)52-41-39(48)38(47)36(45)33(53-41)21-51-20-25-17-42-30-13-7-6-11-27(25)30/h4-7,10-17,22,33,36,38-39,41,45,47-48H,2-3,8-9,18-21H2,1H3/p+1/t33-,36-,38+,39-,41-/m1/s1. The van der Waals surface area contributed by atoms with Gasteiger partial charge in [0.2, 0.25) is 6.29 Å². The quantitative estimate of drug-likeness (QED) is 0.166. The highest BCUT2D eigenvalue weighted by molar-refractivity contribution is 6.11. The predicted octanol–water partition coefficient (Wildman–Crippen LogP) is 4.29. The second kappa shape index (κ2) is 14.4. The van der Waals surface area contributed by atoms with E-state index in [-0.39, 0.29) is 60.6 Å². The number of aliphatic hydroxyl groups is 3. The Morgan fingerprint density at radius 3 is 2.68 bits per heavy atom. The van der Waals surface area contributed by atoms with Gasteiger partial charge in [0.05, 0.1) is 43.0 Å². The molecular weight excluding hydrogens is 680 g/mol. The van der Waals surface area contributed by atoms with E-state index in [1.165, 1.54) is 18.1 Å². The van der Waals surface area contributed by atoms with Gasteiger partial charge in [-0.15, -0.1) is 0 Å². The van der Waals surface area contributed by atoms with Gasteiger partial charge in [-0.05, 0) is 53.5 Å². The average Bonchev–Trinajstić information content (AvgIpc) is 3.92. The van der Waals surface area contributed by atoms with Crippen molar-refractivity contribution in [3.05, 3.63) is 106 Å². The van der Waals surface area contributed by atoms with Gasteiger partial charge in [0, 0.05) is 42.8 Å². The van der Waals surface area contributed by atoms with Gasteiger partial charge in [0.25, 0.3) is 5.91 Å². The van der Waals surface area contributed by atoms with Crippen LogP contribution in [0, 0.1) is 6.42 Å². The van der Waals surface area contributed by atoms with E-state index in [9.17, 15) is 30.0 Å². The SMILES string of the molecule is COc1cc(O[C@@H]2O[C@H](COCC3=C4[CH+]C=CC=C4N=C3)[C@@H](O)[C@H](O)[C@H]2O)c2c(O)c(C(=O)CN3Cc4ccccc4C3=O)c(C3CCCC3)cc2c1. The summed E-state index contributed by atoms with van der Waals surface area (Å²) in [6.07, 6.45) is 5.58. The summed E-state index contributed by atoms with van der Waals surface area (Å²) in [5, 5.41) is 45.5. The number of methoxy groups -OCH3 is 1. The van der Waals surface area contributed by atoms with Crippen molar-refractivity contribution in [1.29, 1.82) is 0 Å². The van der Waals surface area contributed by atoms with Crippen LogP contribution < -0.4 is 9.47 Å².